The molecule has 1 amide bonds. The Balaban J connectivity index is 0.00000200. The van der Waals surface area contributed by atoms with Gasteiger partial charge >= 0.3 is 0 Å². The van der Waals surface area contributed by atoms with Gasteiger partial charge in [0.15, 0.2) is 0 Å². The van der Waals surface area contributed by atoms with E-state index in [1.807, 2.05) is 13.0 Å². The van der Waals surface area contributed by atoms with Crippen molar-refractivity contribution in [3.63, 3.8) is 0 Å². The van der Waals surface area contributed by atoms with Gasteiger partial charge in [-0.25, -0.2) is 0 Å². The van der Waals surface area contributed by atoms with Crippen LogP contribution in [0.15, 0.2) is 24.3 Å². The molecule has 0 heterocycles. The van der Waals surface area contributed by atoms with Gasteiger partial charge in [-0.15, -0.1) is 12.4 Å². The van der Waals surface area contributed by atoms with E-state index >= 15 is 0 Å². The van der Waals surface area contributed by atoms with Crippen LogP contribution in [0.4, 0.5) is 0 Å². The van der Waals surface area contributed by atoms with Gasteiger partial charge in [-0.2, -0.15) is 0 Å². The lowest BCUT2D eigenvalue weighted by molar-refractivity contribution is -0.127. The van der Waals surface area contributed by atoms with Crippen LogP contribution in [0.2, 0.25) is 0 Å². The number of carbonyl (C=O) groups excluding carboxylic acids is 1. The van der Waals surface area contributed by atoms with E-state index in [1.54, 1.807) is 0 Å². The zero-order chi connectivity index (χ0) is 13.9. The fraction of sp³-hybridized carbons (Fsp3) is 0.562. The molecule has 0 aliphatic heterocycles. The van der Waals surface area contributed by atoms with E-state index in [0.29, 0.717) is 6.54 Å². The van der Waals surface area contributed by atoms with E-state index in [4.69, 9.17) is 5.73 Å². The minimum Gasteiger partial charge on any atom is -0.352 e. The molecule has 3 N–H and O–H groups in total. The lowest BCUT2D eigenvalue weighted by atomic mass is 9.77. The van der Waals surface area contributed by atoms with Crippen LogP contribution in [0, 0.1) is 6.92 Å². The van der Waals surface area contributed by atoms with Crippen LogP contribution >= 0.6 is 12.4 Å². The van der Waals surface area contributed by atoms with E-state index in [0.717, 1.165) is 31.2 Å². The van der Waals surface area contributed by atoms with Crippen LogP contribution < -0.4 is 11.1 Å². The quantitative estimate of drug-likeness (QED) is 0.897. The Kier molecular flexibility index (Phi) is 6.03. The molecule has 1 aliphatic carbocycles. The van der Waals surface area contributed by atoms with Crippen molar-refractivity contribution in [3.8, 4) is 0 Å². The topological polar surface area (TPSA) is 55.1 Å². The number of nitrogens with two attached hydrogens (primary N) is 1. The van der Waals surface area contributed by atoms with E-state index in [1.165, 1.54) is 5.56 Å². The molecule has 3 nitrogen and oxygen atoms in total. The molecule has 0 saturated heterocycles. The number of amides is 1. The van der Waals surface area contributed by atoms with E-state index in [9.17, 15) is 4.79 Å². The first-order valence-electron chi connectivity index (χ1n) is 7.17. The summed E-state index contributed by atoms with van der Waals surface area (Å²) in [6, 6.07) is 8.40. The Labute approximate surface area is 127 Å². The number of aryl methyl sites for hydroxylation is 1. The molecule has 2 rings (SSSR count). The van der Waals surface area contributed by atoms with Gasteiger partial charge in [0.2, 0.25) is 5.91 Å². The maximum Gasteiger partial charge on any atom is 0.230 e. The van der Waals surface area contributed by atoms with Gasteiger partial charge in [0.1, 0.15) is 0 Å². The van der Waals surface area contributed by atoms with Crippen molar-refractivity contribution in [3.05, 3.63) is 35.4 Å². The Morgan fingerprint density at radius 1 is 1.40 bits per heavy atom. The molecule has 0 radical (unpaired) electrons. The predicted octanol–water partition coefficient (Wildman–Crippen LogP) is 2.69. The molecule has 0 aromatic heterocycles. The van der Waals surface area contributed by atoms with Crippen LogP contribution in [-0.4, -0.2) is 18.5 Å². The first kappa shape index (κ1) is 17.0. The molecule has 0 unspecified atom stereocenters. The largest absolute Gasteiger partial charge is 0.352 e. The molecule has 1 aliphatic rings. The molecule has 4 heteroatoms. The van der Waals surface area contributed by atoms with Crippen molar-refractivity contribution in [2.45, 2.75) is 51.0 Å². The maximum atomic E-state index is 12.7. The third-order valence-electron chi connectivity index (χ3n) is 4.19. The molecule has 1 fully saturated rings. The Morgan fingerprint density at radius 2 is 2.05 bits per heavy atom. The molecule has 1 aromatic rings. The highest BCUT2D eigenvalue weighted by Gasteiger charge is 2.42. The zero-order valence-corrected chi connectivity index (χ0v) is 13.1. The van der Waals surface area contributed by atoms with Gasteiger partial charge < -0.3 is 11.1 Å². The van der Waals surface area contributed by atoms with Crippen molar-refractivity contribution < 1.29 is 4.79 Å². The summed E-state index contributed by atoms with van der Waals surface area (Å²) in [6.07, 6.45) is 4.13. The van der Waals surface area contributed by atoms with Gasteiger partial charge in [-0.05, 0) is 32.3 Å². The molecule has 1 aromatic carbocycles. The fourth-order valence-electron chi connectivity index (χ4n) is 2.99. The summed E-state index contributed by atoms with van der Waals surface area (Å²) in [7, 11) is 0. The van der Waals surface area contributed by atoms with Crippen molar-refractivity contribution in [2.75, 3.05) is 6.54 Å². The highest BCUT2D eigenvalue weighted by atomic mass is 35.5. The first-order valence-corrected chi connectivity index (χ1v) is 7.17. The molecule has 0 spiro atoms. The number of rotatable bonds is 4. The van der Waals surface area contributed by atoms with Crippen LogP contribution in [0.3, 0.4) is 0 Å². The standard InChI is InChI=1S/C16H24N2O.ClH/c1-12-6-5-7-14(10-12)16(8-3-4-9-16)15(19)18-13(2)11-17;/h5-7,10,13H,3-4,8-9,11,17H2,1-2H3,(H,18,19);1H/t13-;/m0./s1. The molecular formula is C16H25ClN2O. The number of hydrogen-bond donors (Lipinski definition) is 2. The van der Waals surface area contributed by atoms with E-state index < -0.39 is 0 Å². The number of hydrogen-bond acceptors (Lipinski definition) is 2. The summed E-state index contributed by atoms with van der Waals surface area (Å²) >= 11 is 0. The van der Waals surface area contributed by atoms with Crippen molar-refractivity contribution in [2.24, 2.45) is 5.73 Å². The second-order valence-corrected chi connectivity index (χ2v) is 5.77. The summed E-state index contributed by atoms with van der Waals surface area (Å²) < 4.78 is 0. The van der Waals surface area contributed by atoms with Crippen LogP contribution in [0.5, 0.6) is 0 Å². The Morgan fingerprint density at radius 3 is 2.60 bits per heavy atom. The van der Waals surface area contributed by atoms with Crippen molar-refractivity contribution in [1.29, 1.82) is 0 Å². The second-order valence-electron chi connectivity index (χ2n) is 5.77. The lowest BCUT2D eigenvalue weighted by Crippen LogP contribution is -2.48. The van der Waals surface area contributed by atoms with Crippen molar-refractivity contribution >= 4 is 18.3 Å². The summed E-state index contributed by atoms with van der Waals surface area (Å²) in [5.41, 5.74) is 7.64. The third kappa shape index (κ3) is 3.33. The van der Waals surface area contributed by atoms with Gasteiger partial charge in [0.25, 0.3) is 0 Å². The highest BCUT2D eigenvalue weighted by molar-refractivity contribution is 5.88. The number of nitrogens with one attached hydrogen (secondary N) is 1. The number of benzene rings is 1. The molecule has 112 valence electrons. The normalized spacial score (nSPS) is 18.1. The number of halogens is 1. The predicted molar refractivity (Wildman–Crippen MR) is 85.2 cm³/mol. The summed E-state index contributed by atoms with van der Waals surface area (Å²) in [4.78, 5) is 12.7. The fourth-order valence-corrected chi connectivity index (χ4v) is 2.99. The smallest absolute Gasteiger partial charge is 0.230 e. The van der Waals surface area contributed by atoms with Crippen LogP contribution in [-0.2, 0) is 10.2 Å². The minimum absolute atomic E-state index is 0. The summed E-state index contributed by atoms with van der Waals surface area (Å²) in [5.74, 6) is 0.147. The van der Waals surface area contributed by atoms with Crippen LogP contribution in [0.1, 0.15) is 43.7 Å². The molecule has 0 bridgehead atoms. The SMILES string of the molecule is Cc1cccc(C2(C(=O)N[C@@H](C)CN)CCCC2)c1.Cl. The number of carbonyl (C=O) groups is 1. The van der Waals surface area contributed by atoms with Gasteiger partial charge in [-0.1, -0.05) is 42.7 Å². The van der Waals surface area contributed by atoms with Gasteiger partial charge in [0.05, 0.1) is 5.41 Å². The maximum absolute atomic E-state index is 12.7. The third-order valence-corrected chi connectivity index (χ3v) is 4.19. The lowest BCUT2D eigenvalue weighted by Gasteiger charge is -2.30. The first-order chi connectivity index (χ1) is 9.08. The summed E-state index contributed by atoms with van der Waals surface area (Å²) in [5, 5.41) is 3.07. The zero-order valence-electron chi connectivity index (χ0n) is 12.3. The van der Waals surface area contributed by atoms with Crippen LogP contribution in [0.25, 0.3) is 0 Å². The Bertz CT molecular complexity index is 456. The average Bonchev–Trinajstić information content (AvgIpc) is 2.89. The Hall–Kier alpha value is -1.06. The molecule has 20 heavy (non-hydrogen) atoms. The van der Waals surface area contributed by atoms with Gasteiger partial charge in [-0.3, -0.25) is 4.79 Å². The molecule has 1 atom stereocenters. The van der Waals surface area contributed by atoms with E-state index in [-0.39, 0.29) is 29.8 Å². The van der Waals surface area contributed by atoms with Crippen molar-refractivity contribution in [1.82, 2.24) is 5.32 Å². The average molecular weight is 297 g/mol. The second kappa shape index (κ2) is 7.09. The van der Waals surface area contributed by atoms with E-state index in [2.05, 4.69) is 30.4 Å². The molecular weight excluding hydrogens is 272 g/mol. The van der Waals surface area contributed by atoms with Gasteiger partial charge in [0, 0.05) is 12.6 Å². The summed E-state index contributed by atoms with van der Waals surface area (Å²) in [6.45, 7) is 4.51. The molecule has 1 saturated carbocycles. The monoisotopic (exact) mass is 296 g/mol. The minimum atomic E-state index is -0.338. The highest BCUT2D eigenvalue weighted by Crippen LogP contribution is 2.41.